The predicted molar refractivity (Wildman–Crippen MR) is 51.7 cm³/mol. The van der Waals surface area contributed by atoms with Gasteiger partial charge in [0.25, 0.3) is 0 Å². The Balaban J connectivity index is 2.90. The molecule has 0 saturated carbocycles. The van der Waals surface area contributed by atoms with Crippen LogP contribution >= 0.6 is 0 Å². The van der Waals surface area contributed by atoms with Gasteiger partial charge in [0, 0.05) is 0 Å². The van der Waals surface area contributed by atoms with E-state index < -0.39 is 21.2 Å². The van der Waals surface area contributed by atoms with E-state index in [2.05, 4.69) is 14.9 Å². The normalized spacial score (nSPS) is 10.4. The van der Waals surface area contributed by atoms with Crippen molar-refractivity contribution < 1.29 is 19.2 Å². The maximum Gasteiger partial charge on any atom is 0.320 e. The fourth-order valence-corrected chi connectivity index (χ4v) is 1.37. The number of nitro benzene ring substituents is 2. The van der Waals surface area contributed by atoms with E-state index in [1.807, 2.05) is 0 Å². The second-order valence-corrected chi connectivity index (χ2v) is 2.92. The van der Waals surface area contributed by atoms with Gasteiger partial charge in [0.15, 0.2) is 5.52 Å². The standard InChI is InChI=1S/C7H4N4O6/c1-16-7-4(11(14)15)2-3(10(12)13)5-6(7)9-17-8-5/h2H,1H3. The van der Waals surface area contributed by atoms with E-state index >= 15 is 0 Å². The summed E-state index contributed by atoms with van der Waals surface area (Å²) in [7, 11) is 1.18. The van der Waals surface area contributed by atoms with E-state index in [1.54, 1.807) is 0 Å². The Bertz CT molecular complexity index is 620. The van der Waals surface area contributed by atoms with Gasteiger partial charge < -0.3 is 4.74 Å². The van der Waals surface area contributed by atoms with E-state index in [4.69, 9.17) is 4.74 Å². The van der Waals surface area contributed by atoms with Crippen LogP contribution in [-0.2, 0) is 0 Å². The summed E-state index contributed by atoms with van der Waals surface area (Å²) in [6.45, 7) is 0. The lowest BCUT2D eigenvalue weighted by molar-refractivity contribution is -0.393. The number of benzene rings is 1. The van der Waals surface area contributed by atoms with Crippen molar-refractivity contribution in [2.45, 2.75) is 0 Å². The van der Waals surface area contributed by atoms with Crippen LogP contribution in [0.25, 0.3) is 11.0 Å². The van der Waals surface area contributed by atoms with Crippen molar-refractivity contribution in [1.29, 1.82) is 0 Å². The van der Waals surface area contributed by atoms with Crippen molar-refractivity contribution in [2.75, 3.05) is 7.11 Å². The smallest absolute Gasteiger partial charge is 0.320 e. The molecule has 1 heterocycles. The van der Waals surface area contributed by atoms with Gasteiger partial charge in [-0.1, -0.05) is 0 Å². The summed E-state index contributed by atoms with van der Waals surface area (Å²) in [6, 6.07) is 0.755. The molecule has 0 bridgehead atoms. The van der Waals surface area contributed by atoms with E-state index in [-0.39, 0.29) is 16.8 Å². The Kier molecular flexibility index (Phi) is 2.31. The van der Waals surface area contributed by atoms with Crippen molar-refractivity contribution in [2.24, 2.45) is 0 Å². The zero-order valence-corrected chi connectivity index (χ0v) is 8.32. The van der Waals surface area contributed by atoms with Crippen LogP contribution in [0, 0.1) is 20.2 Å². The molecule has 2 rings (SSSR count). The monoisotopic (exact) mass is 240 g/mol. The first-order valence-corrected chi connectivity index (χ1v) is 4.18. The fraction of sp³-hybridized carbons (Fsp3) is 0.143. The van der Waals surface area contributed by atoms with Gasteiger partial charge in [0.05, 0.1) is 17.0 Å². The summed E-state index contributed by atoms with van der Waals surface area (Å²) in [5, 5.41) is 28.1. The highest BCUT2D eigenvalue weighted by molar-refractivity contribution is 5.92. The number of ether oxygens (including phenoxy) is 1. The molecule has 0 amide bonds. The molecule has 1 aromatic carbocycles. The zero-order valence-electron chi connectivity index (χ0n) is 8.32. The number of nitrogens with zero attached hydrogens (tertiary/aromatic N) is 4. The maximum absolute atomic E-state index is 10.7. The lowest BCUT2D eigenvalue weighted by atomic mass is 10.2. The topological polar surface area (TPSA) is 134 Å². The quantitative estimate of drug-likeness (QED) is 0.573. The Morgan fingerprint density at radius 2 is 1.76 bits per heavy atom. The van der Waals surface area contributed by atoms with E-state index in [0.29, 0.717) is 0 Å². The van der Waals surface area contributed by atoms with Gasteiger partial charge in [-0.2, -0.15) is 0 Å². The predicted octanol–water partition coefficient (Wildman–Crippen LogP) is 1.05. The Hall–Kier alpha value is -2.78. The molecule has 0 radical (unpaired) electrons. The Morgan fingerprint density at radius 1 is 1.18 bits per heavy atom. The summed E-state index contributed by atoms with van der Waals surface area (Å²) >= 11 is 0. The molecule has 10 nitrogen and oxygen atoms in total. The average molecular weight is 240 g/mol. The number of hydrogen-bond acceptors (Lipinski definition) is 8. The number of methoxy groups -OCH3 is 1. The van der Waals surface area contributed by atoms with Gasteiger partial charge in [-0.3, -0.25) is 20.2 Å². The molecule has 17 heavy (non-hydrogen) atoms. The molecule has 88 valence electrons. The van der Waals surface area contributed by atoms with Crippen LogP contribution in [0.5, 0.6) is 5.75 Å². The molecule has 0 spiro atoms. The van der Waals surface area contributed by atoms with Gasteiger partial charge in [-0.15, -0.1) is 0 Å². The van der Waals surface area contributed by atoms with E-state index in [0.717, 1.165) is 6.07 Å². The lowest BCUT2D eigenvalue weighted by Crippen LogP contribution is -1.98. The van der Waals surface area contributed by atoms with Crippen LogP contribution in [0.15, 0.2) is 10.7 Å². The van der Waals surface area contributed by atoms with E-state index in [1.165, 1.54) is 7.11 Å². The highest BCUT2D eigenvalue weighted by Crippen LogP contribution is 2.38. The SMILES string of the molecule is COc1c([N+](=O)[O-])cc([N+](=O)[O-])c2nonc12. The summed E-state index contributed by atoms with van der Waals surface area (Å²) < 4.78 is 9.11. The highest BCUT2D eigenvalue weighted by atomic mass is 16.6. The largest absolute Gasteiger partial charge is 0.488 e. The first-order chi connectivity index (χ1) is 8.06. The molecule has 0 N–H and O–H groups in total. The van der Waals surface area contributed by atoms with Gasteiger partial charge in [-0.25, -0.2) is 4.63 Å². The van der Waals surface area contributed by atoms with Crippen LogP contribution in [-0.4, -0.2) is 27.3 Å². The minimum Gasteiger partial charge on any atom is -0.488 e. The summed E-state index contributed by atoms with van der Waals surface area (Å²) in [4.78, 5) is 19.9. The van der Waals surface area contributed by atoms with Crippen molar-refractivity contribution in [3.63, 3.8) is 0 Å². The van der Waals surface area contributed by atoms with Crippen molar-refractivity contribution in [3.8, 4) is 5.75 Å². The minimum absolute atomic E-state index is 0.159. The van der Waals surface area contributed by atoms with Crippen molar-refractivity contribution >= 4 is 22.4 Å². The maximum atomic E-state index is 10.7. The molecule has 0 atom stereocenters. The number of hydrogen-bond donors (Lipinski definition) is 0. The Labute approximate surface area is 92.0 Å². The number of fused-ring (bicyclic) bond motifs is 1. The second-order valence-electron chi connectivity index (χ2n) is 2.92. The molecular weight excluding hydrogens is 236 g/mol. The zero-order chi connectivity index (χ0) is 12.6. The molecule has 0 aliphatic heterocycles. The van der Waals surface area contributed by atoms with Crippen LogP contribution < -0.4 is 4.74 Å². The number of non-ortho nitro benzene ring substituents is 1. The van der Waals surface area contributed by atoms with Crippen LogP contribution in [0.4, 0.5) is 11.4 Å². The summed E-state index contributed by atoms with van der Waals surface area (Å²) in [6.07, 6.45) is 0. The van der Waals surface area contributed by atoms with Gasteiger partial charge >= 0.3 is 11.4 Å². The fourth-order valence-electron chi connectivity index (χ4n) is 1.37. The molecule has 0 aliphatic carbocycles. The molecule has 1 aromatic heterocycles. The third kappa shape index (κ3) is 1.51. The third-order valence-electron chi connectivity index (χ3n) is 2.05. The van der Waals surface area contributed by atoms with Crippen LogP contribution in [0.2, 0.25) is 0 Å². The van der Waals surface area contributed by atoms with Crippen molar-refractivity contribution in [3.05, 3.63) is 26.3 Å². The minimum atomic E-state index is -0.807. The lowest BCUT2D eigenvalue weighted by Gasteiger charge is -2.00. The van der Waals surface area contributed by atoms with Crippen LogP contribution in [0.3, 0.4) is 0 Å². The number of nitro groups is 2. The van der Waals surface area contributed by atoms with Gasteiger partial charge in [-0.05, 0) is 10.3 Å². The average Bonchev–Trinajstić information content (AvgIpc) is 2.74. The molecule has 0 aliphatic rings. The summed E-state index contributed by atoms with van der Waals surface area (Å²) in [5.74, 6) is -0.225. The number of aromatic nitrogens is 2. The Morgan fingerprint density at radius 3 is 2.29 bits per heavy atom. The molecule has 0 unspecified atom stereocenters. The molecule has 10 heteroatoms. The molecule has 0 fully saturated rings. The molecule has 0 saturated heterocycles. The van der Waals surface area contributed by atoms with Crippen LogP contribution in [0.1, 0.15) is 0 Å². The second kappa shape index (κ2) is 3.66. The summed E-state index contributed by atoms with van der Waals surface area (Å²) in [5.41, 5.74) is -1.48. The number of rotatable bonds is 3. The van der Waals surface area contributed by atoms with E-state index in [9.17, 15) is 20.2 Å². The first kappa shape index (κ1) is 10.7. The third-order valence-corrected chi connectivity index (χ3v) is 2.05. The molecular formula is C7H4N4O6. The van der Waals surface area contributed by atoms with Gasteiger partial charge in [0.1, 0.15) is 6.07 Å². The van der Waals surface area contributed by atoms with Crippen molar-refractivity contribution in [1.82, 2.24) is 10.3 Å². The first-order valence-electron chi connectivity index (χ1n) is 4.18. The molecule has 2 aromatic rings. The van der Waals surface area contributed by atoms with Gasteiger partial charge in [0.2, 0.25) is 11.3 Å². The highest BCUT2D eigenvalue weighted by Gasteiger charge is 2.30.